The number of rotatable bonds is 1. The number of esters is 1. The van der Waals surface area contributed by atoms with Gasteiger partial charge in [0.1, 0.15) is 5.82 Å². The fourth-order valence-electron chi connectivity index (χ4n) is 1.74. The number of ether oxygens (including phenoxy) is 1. The van der Waals surface area contributed by atoms with Crippen LogP contribution in [0.5, 0.6) is 0 Å². The van der Waals surface area contributed by atoms with Crippen molar-refractivity contribution in [1.82, 2.24) is 0 Å². The van der Waals surface area contributed by atoms with E-state index >= 15 is 0 Å². The van der Waals surface area contributed by atoms with Gasteiger partial charge in [-0.2, -0.15) is 0 Å². The minimum Gasteiger partial charge on any atom is -0.478 e. The average molecular weight is 259 g/mol. The van der Waals surface area contributed by atoms with E-state index in [1.807, 2.05) is 0 Å². The molecule has 1 atom stereocenters. The Morgan fingerprint density at radius 3 is 2.82 bits per heavy atom. The largest absolute Gasteiger partial charge is 0.478 e. The molecule has 1 heterocycles. The number of carbonyl (C=O) groups excluding carboxylic acids is 1. The Hall–Kier alpha value is -1.62. The Balaban J connectivity index is 2.61. The van der Waals surface area contributed by atoms with E-state index in [2.05, 4.69) is 0 Å². The van der Waals surface area contributed by atoms with E-state index in [0.29, 0.717) is 0 Å². The lowest BCUT2D eigenvalue weighted by Gasteiger charge is -2.31. The van der Waals surface area contributed by atoms with E-state index in [0.717, 1.165) is 6.07 Å². The van der Waals surface area contributed by atoms with Crippen molar-refractivity contribution >= 4 is 23.5 Å². The van der Waals surface area contributed by atoms with Crippen molar-refractivity contribution in [3.8, 4) is 0 Å². The number of carboxylic acids is 1. The second kappa shape index (κ2) is 3.70. The van der Waals surface area contributed by atoms with E-state index in [1.54, 1.807) is 0 Å². The molecular weight excluding hydrogens is 251 g/mol. The summed E-state index contributed by atoms with van der Waals surface area (Å²) in [5.74, 6) is -2.90. The Labute approximate surface area is 101 Å². The molecule has 0 saturated heterocycles. The first-order chi connectivity index (χ1) is 7.85. The van der Waals surface area contributed by atoms with Gasteiger partial charge in [0, 0.05) is 12.0 Å². The van der Waals surface area contributed by atoms with Crippen molar-refractivity contribution in [2.24, 2.45) is 0 Å². The molecule has 1 aromatic carbocycles. The minimum atomic E-state index is -1.75. The van der Waals surface area contributed by atoms with E-state index in [-0.39, 0.29) is 22.6 Å². The lowest BCUT2D eigenvalue weighted by Crippen LogP contribution is -2.46. The molecule has 1 aliphatic rings. The van der Waals surface area contributed by atoms with Gasteiger partial charge in [0.15, 0.2) is 0 Å². The summed E-state index contributed by atoms with van der Waals surface area (Å²) in [7, 11) is 0. The Kier molecular flexibility index (Phi) is 2.58. The highest BCUT2D eigenvalue weighted by atomic mass is 35.5. The third-order valence-electron chi connectivity index (χ3n) is 2.69. The minimum absolute atomic E-state index is 0.0151. The van der Waals surface area contributed by atoms with Gasteiger partial charge < -0.3 is 9.84 Å². The Bertz CT molecular complexity index is 528. The van der Waals surface area contributed by atoms with Crippen molar-refractivity contribution < 1.29 is 23.8 Å². The fraction of sp³-hybridized carbons (Fsp3) is 0.273. The van der Waals surface area contributed by atoms with Crippen molar-refractivity contribution in [3.05, 3.63) is 34.1 Å². The second-order valence-corrected chi connectivity index (χ2v) is 4.39. The first kappa shape index (κ1) is 11.9. The molecule has 1 N–H and O–H groups in total. The predicted octanol–water partition coefficient (Wildman–Crippen LogP) is 2.04. The predicted molar refractivity (Wildman–Crippen MR) is 56.6 cm³/mol. The molecule has 6 heteroatoms. The van der Waals surface area contributed by atoms with Gasteiger partial charge >= 0.3 is 11.9 Å². The van der Waals surface area contributed by atoms with Gasteiger partial charge in [-0.15, -0.1) is 0 Å². The quantitative estimate of drug-likeness (QED) is 0.783. The molecule has 0 aromatic heterocycles. The van der Waals surface area contributed by atoms with Crippen molar-refractivity contribution in [1.29, 1.82) is 0 Å². The van der Waals surface area contributed by atoms with Crippen LogP contribution in [0.1, 0.15) is 22.8 Å². The zero-order valence-corrected chi connectivity index (χ0v) is 9.55. The molecule has 1 aliphatic heterocycles. The van der Waals surface area contributed by atoms with E-state index in [1.165, 1.54) is 13.0 Å². The molecule has 0 saturated carbocycles. The summed E-state index contributed by atoms with van der Waals surface area (Å²) >= 11 is 5.77. The molecule has 0 spiro atoms. The van der Waals surface area contributed by atoms with Crippen LogP contribution in [0, 0.1) is 5.82 Å². The summed E-state index contributed by atoms with van der Waals surface area (Å²) in [4.78, 5) is 22.6. The van der Waals surface area contributed by atoms with Crippen LogP contribution in [0.3, 0.4) is 0 Å². The number of hydrogen-bond acceptors (Lipinski definition) is 3. The van der Waals surface area contributed by atoms with Crippen LogP contribution in [0.15, 0.2) is 12.1 Å². The highest BCUT2D eigenvalue weighted by molar-refractivity contribution is 6.33. The summed E-state index contributed by atoms with van der Waals surface area (Å²) in [6.45, 7) is 1.22. The number of cyclic esters (lactones) is 1. The first-order valence-corrected chi connectivity index (χ1v) is 5.16. The Morgan fingerprint density at radius 1 is 1.59 bits per heavy atom. The number of aliphatic carboxylic acids is 1. The van der Waals surface area contributed by atoms with Gasteiger partial charge in [-0.3, -0.25) is 0 Å². The first-order valence-electron chi connectivity index (χ1n) is 4.79. The molecule has 0 fully saturated rings. The molecule has 0 radical (unpaired) electrons. The van der Waals surface area contributed by atoms with Crippen LogP contribution in [0.25, 0.3) is 0 Å². The third kappa shape index (κ3) is 1.76. The molecule has 0 aliphatic carbocycles. The van der Waals surface area contributed by atoms with Gasteiger partial charge in [0.05, 0.1) is 10.6 Å². The van der Waals surface area contributed by atoms with E-state index in [9.17, 15) is 14.0 Å². The van der Waals surface area contributed by atoms with Gasteiger partial charge in [-0.05, 0) is 19.1 Å². The Morgan fingerprint density at radius 2 is 2.24 bits per heavy atom. The summed E-state index contributed by atoms with van der Waals surface area (Å²) in [5.41, 5.74) is -1.86. The van der Waals surface area contributed by atoms with Crippen molar-refractivity contribution in [2.75, 3.05) is 0 Å². The van der Waals surface area contributed by atoms with Crippen LogP contribution in [-0.2, 0) is 16.0 Å². The number of carbonyl (C=O) groups is 2. The third-order valence-corrected chi connectivity index (χ3v) is 3.01. The zero-order chi connectivity index (χ0) is 12.8. The highest BCUT2D eigenvalue weighted by Crippen LogP contribution is 2.33. The number of hydrogen-bond donors (Lipinski definition) is 1. The normalized spacial score (nSPS) is 22.9. The summed E-state index contributed by atoms with van der Waals surface area (Å²) in [6.07, 6.45) is -0.240. The SMILES string of the molecule is CC1(C(=O)O)Cc2c(F)ccc(Cl)c2C(=O)O1. The maximum Gasteiger partial charge on any atom is 0.348 e. The van der Waals surface area contributed by atoms with Crippen LogP contribution in [-0.4, -0.2) is 22.6 Å². The maximum absolute atomic E-state index is 13.6. The molecule has 1 aromatic rings. The fourth-order valence-corrected chi connectivity index (χ4v) is 1.99. The van der Waals surface area contributed by atoms with E-state index < -0.39 is 23.4 Å². The van der Waals surface area contributed by atoms with Crippen molar-refractivity contribution in [3.63, 3.8) is 0 Å². The summed E-state index contributed by atoms with van der Waals surface area (Å²) in [5, 5.41) is 9.02. The van der Waals surface area contributed by atoms with Crippen LogP contribution in [0.2, 0.25) is 5.02 Å². The molecule has 0 amide bonds. The number of fused-ring (bicyclic) bond motifs is 1. The van der Waals surface area contributed by atoms with Gasteiger partial charge in [0.25, 0.3) is 0 Å². The smallest absolute Gasteiger partial charge is 0.348 e. The monoisotopic (exact) mass is 258 g/mol. The molecule has 0 bridgehead atoms. The van der Waals surface area contributed by atoms with Crippen LogP contribution < -0.4 is 0 Å². The maximum atomic E-state index is 13.6. The standard InChI is InChI=1S/C11H8ClFO4/c1-11(10(15)16)4-5-7(13)3-2-6(12)8(5)9(14)17-11/h2-3H,4H2,1H3,(H,15,16). The van der Waals surface area contributed by atoms with E-state index in [4.69, 9.17) is 21.4 Å². The zero-order valence-electron chi connectivity index (χ0n) is 8.79. The second-order valence-electron chi connectivity index (χ2n) is 3.99. The summed E-state index contributed by atoms with van der Waals surface area (Å²) < 4.78 is 18.4. The molecule has 4 nitrogen and oxygen atoms in total. The topological polar surface area (TPSA) is 63.6 Å². The lowest BCUT2D eigenvalue weighted by atomic mass is 9.89. The van der Waals surface area contributed by atoms with Gasteiger partial charge in [-0.1, -0.05) is 11.6 Å². The van der Waals surface area contributed by atoms with Gasteiger partial charge in [0.2, 0.25) is 5.60 Å². The van der Waals surface area contributed by atoms with Crippen LogP contribution in [0.4, 0.5) is 4.39 Å². The molecule has 17 heavy (non-hydrogen) atoms. The van der Waals surface area contributed by atoms with Crippen LogP contribution >= 0.6 is 11.6 Å². The molecular formula is C11H8ClFO4. The lowest BCUT2D eigenvalue weighted by molar-refractivity contribution is -0.158. The number of benzene rings is 1. The number of halogens is 2. The number of carboxylic acid groups (broad SMARTS) is 1. The molecule has 90 valence electrons. The molecule has 2 rings (SSSR count). The molecule has 1 unspecified atom stereocenters. The average Bonchev–Trinajstić information content (AvgIpc) is 2.22. The highest BCUT2D eigenvalue weighted by Gasteiger charge is 2.44. The van der Waals surface area contributed by atoms with Crippen molar-refractivity contribution in [2.45, 2.75) is 18.9 Å². The van der Waals surface area contributed by atoms with Gasteiger partial charge in [-0.25, -0.2) is 14.0 Å². The summed E-state index contributed by atoms with van der Waals surface area (Å²) in [6, 6.07) is 2.34.